The number of benzene rings is 2. The van der Waals surface area contributed by atoms with E-state index in [1.54, 1.807) is 11.3 Å². The Balaban J connectivity index is 0.00000180. The molecule has 0 amide bonds. The topological polar surface area (TPSA) is 76.6 Å². The van der Waals surface area contributed by atoms with Gasteiger partial charge in [0.25, 0.3) is 0 Å². The Kier molecular flexibility index (Phi) is 7.80. The van der Waals surface area contributed by atoms with E-state index in [1.165, 1.54) is 21.2 Å². The van der Waals surface area contributed by atoms with Crippen LogP contribution in [0.5, 0.6) is 5.75 Å². The zero-order valence-corrected chi connectivity index (χ0v) is 21.3. The molecule has 5 aromatic rings. The van der Waals surface area contributed by atoms with Gasteiger partial charge in [-0.25, -0.2) is 0 Å². The summed E-state index contributed by atoms with van der Waals surface area (Å²) in [4.78, 5) is 4.45. The lowest BCUT2D eigenvalue weighted by atomic mass is 9.96. The summed E-state index contributed by atoms with van der Waals surface area (Å²) in [5, 5.41) is 17.7. The van der Waals surface area contributed by atoms with Gasteiger partial charge in [-0.2, -0.15) is 18.7 Å². The summed E-state index contributed by atoms with van der Waals surface area (Å²) >= 11 is 1.76. The summed E-state index contributed by atoms with van der Waals surface area (Å²) in [7, 11) is 0. The van der Waals surface area contributed by atoms with Crippen molar-refractivity contribution < 1.29 is 6.16 Å². The fraction of sp³-hybridized carbons (Fsp3) is 0.185. The highest BCUT2D eigenvalue weighted by Crippen LogP contribution is 2.35. The lowest BCUT2D eigenvalue weighted by molar-refractivity contribution is 0.306. The Bertz CT molecular complexity index is 1470. The molecule has 5 rings (SSSR count). The van der Waals surface area contributed by atoms with E-state index in [0.717, 1.165) is 22.6 Å². The molecule has 0 spiro atoms. The molecular weight excluding hydrogens is 474 g/mol. The third-order valence-corrected chi connectivity index (χ3v) is 6.68. The van der Waals surface area contributed by atoms with Crippen molar-refractivity contribution in [1.82, 2.24) is 25.6 Å². The SMILES string of the molecule is CC#C[C@@H](Cc1nn[nH]n1)c1ccc(OCc2ccc3scc(-c4cccnc4C)c3c2)cc1.S.[HH]. The van der Waals surface area contributed by atoms with Crippen molar-refractivity contribution in [2.75, 3.05) is 0 Å². The van der Waals surface area contributed by atoms with Crippen LogP contribution in [0.4, 0.5) is 0 Å². The van der Waals surface area contributed by atoms with Crippen LogP contribution in [0.3, 0.4) is 0 Å². The molecule has 0 saturated heterocycles. The number of hydrogen-bond acceptors (Lipinski definition) is 6. The summed E-state index contributed by atoms with van der Waals surface area (Å²) in [5.74, 6) is 7.71. The van der Waals surface area contributed by atoms with Gasteiger partial charge in [-0.15, -0.1) is 27.5 Å². The van der Waals surface area contributed by atoms with E-state index >= 15 is 0 Å². The standard InChI is InChI=1S/C27H23N5OS.H2S.H2/c1-3-5-21(15-27-29-31-32-30-27)20-8-10-22(11-9-20)33-16-19-7-12-26-24(14-19)25(17-34-26)23-6-4-13-28-18(23)2;;/h4,6-14,17,21H,15-16H2,1-2H3,(H,29,30,31,32);1H2;1H/t21-;;/m0../s1. The van der Waals surface area contributed by atoms with Crippen molar-refractivity contribution in [3.63, 3.8) is 0 Å². The van der Waals surface area contributed by atoms with Crippen molar-refractivity contribution in [2.24, 2.45) is 0 Å². The number of aryl methyl sites for hydroxylation is 1. The van der Waals surface area contributed by atoms with Crippen LogP contribution in [0.2, 0.25) is 0 Å². The predicted octanol–water partition coefficient (Wildman–Crippen LogP) is 6.07. The van der Waals surface area contributed by atoms with Crippen LogP contribution >= 0.6 is 24.8 Å². The summed E-state index contributed by atoms with van der Waals surface area (Å²) in [6.07, 6.45) is 2.44. The van der Waals surface area contributed by atoms with Gasteiger partial charge in [-0.05, 0) is 60.7 Å². The molecule has 6 nitrogen and oxygen atoms in total. The molecule has 3 heterocycles. The van der Waals surface area contributed by atoms with Crippen molar-refractivity contribution >= 4 is 34.9 Å². The zero-order chi connectivity index (χ0) is 23.3. The second-order valence-electron chi connectivity index (χ2n) is 7.95. The molecule has 0 bridgehead atoms. The largest absolute Gasteiger partial charge is 0.489 e. The Morgan fingerprint density at radius 3 is 2.71 bits per heavy atom. The first-order valence-corrected chi connectivity index (χ1v) is 11.9. The molecule has 0 aliphatic carbocycles. The molecule has 35 heavy (non-hydrogen) atoms. The maximum absolute atomic E-state index is 6.10. The number of aromatic nitrogens is 5. The van der Waals surface area contributed by atoms with E-state index < -0.39 is 0 Å². The van der Waals surface area contributed by atoms with Gasteiger partial charge in [-0.1, -0.05) is 35.4 Å². The molecule has 8 heteroatoms. The number of nitrogens with zero attached hydrogens (tertiary/aromatic N) is 4. The minimum absolute atomic E-state index is 0. The van der Waals surface area contributed by atoms with Gasteiger partial charge >= 0.3 is 0 Å². The number of tetrazole rings is 1. The molecule has 0 aliphatic rings. The van der Waals surface area contributed by atoms with Crippen LogP contribution in [0.1, 0.15) is 36.9 Å². The number of nitrogens with one attached hydrogen (secondary N) is 1. The molecule has 3 aromatic heterocycles. The van der Waals surface area contributed by atoms with Gasteiger partial charge in [0.15, 0.2) is 5.82 Å². The second-order valence-corrected chi connectivity index (χ2v) is 8.86. The Hall–Kier alpha value is -3.67. The zero-order valence-electron chi connectivity index (χ0n) is 19.4. The highest BCUT2D eigenvalue weighted by atomic mass is 32.1. The van der Waals surface area contributed by atoms with Crippen molar-refractivity contribution in [3.8, 4) is 28.7 Å². The number of pyridine rings is 1. The molecule has 1 N–H and O–H groups in total. The number of ether oxygens (including phenoxy) is 1. The fourth-order valence-corrected chi connectivity index (χ4v) is 4.93. The Labute approximate surface area is 216 Å². The van der Waals surface area contributed by atoms with Gasteiger partial charge in [-0.3, -0.25) is 4.98 Å². The Morgan fingerprint density at radius 2 is 1.97 bits per heavy atom. The number of thiophene rings is 1. The molecule has 2 aromatic carbocycles. The van der Waals surface area contributed by atoms with E-state index in [1.807, 2.05) is 38.2 Å². The summed E-state index contributed by atoms with van der Waals surface area (Å²) < 4.78 is 7.36. The normalized spacial score (nSPS) is 11.4. The average molecular weight is 502 g/mol. The summed E-state index contributed by atoms with van der Waals surface area (Å²) in [6, 6.07) is 18.7. The third-order valence-electron chi connectivity index (χ3n) is 5.72. The molecule has 1 atom stereocenters. The smallest absolute Gasteiger partial charge is 0.176 e. The molecular formula is C27H27N5OS2. The van der Waals surface area contributed by atoms with Gasteiger partial charge in [0.1, 0.15) is 12.4 Å². The van der Waals surface area contributed by atoms with Crippen molar-refractivity contribution in [2.45, 2.75) is 32.8 Å². The van der Waals surface area contributed by atoms with Crippen LogP contribution in [-0.4, -0.2) is 25.6 Å². The van der Waals surface area contributed by atoms with Crippen LogP contribution < -0.4 is 4.74 Å². The van der Waals surface area contributed by atoms with Crippen LogP contribution in [0, 0.1) is 18.8 Å². The first-order valence-electron chi connectivity index (χ1n) is 11.0. The van der Waals surface area contributed by atoms with Crippen LogP contribution in [0.25, 0.3) is 21.2 Å². The number of aromatic amines is 1. The first kappa shape index (κ1) is 24.5. The molecule has 0 unspecified atom stereocenters. The number of H-pyrrole nitrogens is 1. The molecule has 0 fully saturated rings. The molecule has 0 saturated carbocycles. The maximum atomic E-state index is 6.10. The first-order chi connectivity index (χ1) is 16.7. The third kappa shape index (κ3) is 5.53. The van der Waals surface area contributed by atoms with Gasteiger partial charge in [0.05, 0.1) is 5.92 Å². The van der Waals surface area contributed by atoms with Crippen molar-refractivity contribution in [3.05, 3.63) is 88.8 Å². The monoisotopic (exact) mass is 501 g/mol. The quantitative estimate of drug-likeness (QED) is 0.274. The number of hydrogen-bond donors (Lipinski definition) is 1. The summed E-state index contributed by atoms with van der Waals surface area (Å²) in [6.45, 7) is 4.39. The molecule has 0 radical (unpaired) electrons. The second kappa shape index (κ2) is 11.2. The average Bonchev–Trinajstić information content (AvgIpc) is 3.53. The van der Waals surface area contributed by atoms with E-state index in [0.29, 0.717) is 18.9 Å². The van der Waals surface area contributed by atoms with Gasteiger partial charge < -0.3 is 4.74 Å². The predicted molar refractivity (Wildman–Crippen MR) is 147 cm³/mol. The van der Waals surface area contributed by atoms with Crippen molar-refractivity contribution in [1.29, 1.82) is 0 Å². The van der Waals surface area contributed by atoms with Gasteiger partial charge in [0, 0.05) is 41.0 Å². The van der Waals surface area contributed by atoms with E-state index in [9.17, 15) is 0 Å². The lowest BCUT2D eigenvalue weighted by Crippen LogP contribution is -2.03. The number of fused-ring (bicyclic) bond motifs is 1. The fourth-order valence-electron chi connectivity index (χ4n) is 3.98. The molecule has 178 valence electrons. The maximum Gasteiger partial charge on any atom is 0.176 e. The highest BCUT2D eigenvalue weighted by molar-refractivity contribution is 7.59. The number of rotatable bonds is 7. The summed E-state index contributed by atoms with van der Waals surface area (Å²) in [5.41, 5.74) is 5.66. The molecule has 0 aliphatic heterocycles. The van der Waals surface area contributed by atoms with E-state index in [-0.39, 0.29) is 20.8 Å². The van der Waals surface area contributed by atoms with Crippen LogP contribution in [0.15, 0.2) is 66.2 Å². The van der Waals surface area contributed by atoms with E-state index in [2.05, 4.69) is 79.2 Å². The lowest BCUT2D eigenvalue weighted by Gasteiger charge is -2.11. The van der Waals surface area contributed by atoms with Gasteiger partial charge in [0.2, 0.25) is 0 Å². The van der Waals surface area contributed by atoms with E-state index in [4.69, 9.17) is 4.74 Å². The highest BCUT2D eigenvalue weighted by Gasteiger charge is 2.13. The minimum Gasteiger partial charge on any atom is -0.489 e. The van der Waals surface area contributed by atoms with Crippen LogP contribution in [-0.2, 0) is 13.0 Å². The Morgan fingerprint density at radius 1 is 1.11 bits per heavy atom. The minimum atomic E-state index is 0.